The van der Waals surface area contributed by atoms with Gasteiger partial charge >= 0.3 is 0 Å². The molecule has 0 aliphatic carbocycles. The summed E-state index contributed by atoms with van der Waals surface area (Å²) in [4.78, 5) is 15.4. The van der Waals surface area contributed by atoms with Crippen molar-refractivity contribution in [3.63, 3.8) is 0 Å². The number of hydrogen-bond donors (Lipinski definition) is 2. The van der Waals surface area contributed by atoms with Crippen molar-refractivity contribution in [2.24, 2.45) is 0 Å². The van der Waals surface area contributed by atoms with Crippen LogP contribution in [-0.2, 0) is 14.6 Å². The van der Waals surface area contributed by atoms with E-state index in [0.717, 1.165) is 23.1 Å². The van der Waals surface area contributed by atoms with E-state index in [2.05, 4.69) is 10.3 Å². The zero-order valence-corrected chi connectivity index (χ0v) is 11.9. The number of sulfone groups is 1. The van der Waals surface area contributed by atoms with Gasteiger partial charge in [-0.25, -0.2) is 8.42 Å². The molecule has 1 aromatic heterocycles. The molecule has 1 aromatic carbocycles. The summed E-state index contributed by atoms with van der Waals surface area (Å²) in [7, 11) is -3.28. The summed E-state index contributed by atoms with van der Waals surface area (Å²) in [6.07, 6.45) is 2.94. The van der Waals surface area contributed by atoms with Crippen LogP contribution in [0.5, 0.6) is 0 Å². The van der Waals surface area contributed by atoms with Gasteiger partial charge in [-0.15, -0.1) is 0 Å². The smallest absolute Gasteiger partial charge is 0.236 e. The van der Waals surface area contributed by atoms with Crippen LogP contribution in [0.15, 0.2) is 35.4 Å². The van der Waals surface area contributed by atoms with Gasteiger partial charge in [0.2, 0.25) is 5.91 Å². The average Bonchev–Trinajstić information content (AvgIpc) is 2.89. The zero-order valence-electron chi connectivity index (χ0n) is 11.1. The Hall–Kier alpha value is -2.08. The van der Waals surface area contributed by atoms with Crippen LogP contribution in [0.4, 0.5) is 5.69 Å². The molecular formula is C14H14N2O3S. The Kier molecular flexibility index (Phi) is 2.72. The second kappa shape index (κ2) is 4.21. The molecule has 0 fully saturated rings. The minimum absolute atomic E-state index is 0.131. The number of rotatable bonds is 2. The van der Waals surface area contributed by atoms with Crippen LogP contribution in [0.3, 0.4) is 0 Å². The number of aryl methyl sites for hydroxylation is 1. The van der Waals surface area contributed by atoms with Crippen molar-refractivity contribution >= 4 is 21.4 Å². The minimum atomic E-state index is -3.28. The van der Waals surface area contributed by atoms with Crippen LogP contribution in [0, 0.1) is 6.92 Å². The number of hydrogen-bond acceptors (Lipinski definition) is 3. The van der Waals surface area contributed by atoms with Gasteiger partial charge in [0, 0.05) is 23.8 Å². The molecule has 0 bridgehead atoms. The third-order valence-electron chi connectivity index (χ3n) is 3.59. The van der Waals surface area contributed by atoms with Gasteiger partial charge in [-0.1, -0.05) is 6.07 Å². The third kappa shape index (κ3) is 1.92. The van der Waals surface area contributed by atoms with Crippen LogP contribution >= 0.6 is 0 Å². The summed E-state index contributed by atoms with van der Waals surface area (Å²) in [5.74, 6) is -0.516. The molecule has 0 spiro atoms. The standard InChI is InChI=1S/C14H14N2O3S/c1-8-10(5-6-15-8)13-11-4-3-9(20(2,18)19)7-12(11)16-14(13)17/h3-7,13,15H,1-2H3,(H,16,17). The van der Waals surface area contributed by atoms with Gasteiger partial charge < -0.3 is 10.3 Å². The van der Waals surface area contributed by atoms with E-state index in [0.29, 0.717) is 5.69 Å². The molecule has 2 aromatic rings. The number of amides is 1. The summed E-state index contributed by atoms with van der Waals surface area (Å²) >= 11 is 0. The van der Waals surface area contributed by atoms with Crippen molar-refractivity contribution in [1.82, 2.24) is 4.98 Å². The summed E-state index contributed by atoms with van der Waals surface area (Å²) in [6, 6.07) is 6.65. The molecule has 1 unspecified atom stereocenters. The van der Waals surface area contributed by atoms with Crippen LogP contribution in [0.1, 0.15) is 22.7 Å². The van der Waals surface area contributed by atoms with Crippen molar-refractivity contribution in [2.45, 2.75) is 17.7 Å². The van der Waals surface area contributed by atoms with E-state index < -0.39 is 9.84 Å². The van der Waals surface area contributed by atoms with E-state index in [1.165, 1.54) is 6.07 Å². The lowest BCUT2D eigenvalue weighted by Gasteiger charge is -2.09. The molecule has 104 valence electrons. The van der Waals surface area contributed by atoms with E-state index in [-0.39, 0.29) is 16.7 Å². The number of H-pyrrole nitrogens is 1. The van der Waals surface area contributed by atoms with Crippen molar-refractivity contribution in [2.75, 3.05) is 11.6 Å². The molecule has 2 N–H and O–H groups in total. The van der Waals surface area contributed by atoms with Gasteiger partial charge in [-0.3, -0.25) is 4.79 Å². The number of fused-ring (bicyclic) bond motifs is 1. The predicted octanol–water partition coefficient (Wildman–Crippen LogP) is 1.81. The van der Waals surface area contributed by atoms with E-state index in [9.17, 15) is 13.2 Å². The number of benzene rings is 1. The molecule has 0 radical (unpaired) electrons. The maximum Gasteiger partial charge on any atom is 0.236 e. The van der Waals surface area contributed by atoms with Crippen LogP contribution in [-0.4, -0.2) is 25.6 Å². The van der Waals surface area contributed by atoms with E-state index >= 15 is 0 Å². The summed E-state index contributed by atoms with van der Waals surface area (Å²) in [6.45, 7) is 1.91. The molecule has 1 atom stereocenters. The monoisotopic (exact) mass is 290 g/mol. The molecule has 5 nitrogen and oxygen atoms in total. The number of aromatic amines is 1. The third-order valence-corrected chi connectivity index (χ3v) is 4.70. The molecular weight excluding hydrogens is 276 g/mol. The van der Waals surface area contributed by atoms with Crippen molar-refractivity contribution in [1.29, 1.82) is 0 Å². The van der Waals surface area contributed by atoms with E-state index in [1.54, 1.807) is 18.3 Å². The lowest BCUT2D eigenvalue weighted by Crippen LogP contribution is -2.13. The van der Waals surface area contributed by atoms with Gasteiger partial charge in [0.25, 0.3) is 0 Å². The quantitative estimate of drug-likeness (QED) is 0.885. The Labute approximate surface area is 116 Å². The maximum atomic E-state index is 12.2. The normalized spacial score (nSPS) is 17.9. The SMILES string of the molecule is Cc1[nH]ccc1C1C(=O)Nc2cc(S(C)(=O)=O)ccc21. The van der Waals surface area contributed by atoms with Crippen LogP contribution in [0.2, 0.25) is 0 Å². The highest BCUT2D eigenvalue weighted by Crippen LogP contribution is 2.39. The molecule has 1 aliphatic rings. The highest BCUT2D eigenvalue weighted by Gasteiger charge is 2.33. The lowest BCUT2D eigenvalue weighted by molar-refractivity contribution is -0.116. The van der Waals surface area contributed by atoms with Gasteiger partial charge in [0.15, 0.2) is 9.84 Å². The first kappa shape index (κ1) is 12.9. The van der Waals surface area contributed by atoms with Gasteiger partial charge in [-0.2, -0.15) is 0 Å². The minimum Gasteiger partial charge on any atom is -0.365 e. The molecule has 1 aliphatic heterocycles. The van der Waals surface area contributed by atoms with Crippen molar-refractivity contribution < 1.29 is 13.2 Å². The Balaban J connectivity index is 2.13. The predicted molar refractivity (Wildman–Crippen MR) is 75.6 cm³/mol. The van der Waals surface area contributed by atoms with E-state index in [4.69, 9.17) is 0 Å². The second-order valence-corrected chi connectivity index (χ2v) is 7.02. The van der Waals surface area contributed by atoms with Gasteiger partial charge in [0.05, 0.1) is 10.8 Å². The topological polar surface area (TPSA) is 79.0 Å². The fourth-order valence-electron chi connectivity index (χ4n) is 2.56. The molecule has 6 heteroatoms. The average molecular weight is 290 g/mol. The first-order valence-corrected chi connectivity index (χ1v) is 8.06. The van der Waals surface area contributed by atoms with E-state index in [1.807, 2.05) is 13.0 Å². The highest BCUT2D eigenvalue weighted by atomic mass is 32.2. The molecule has 0 saturated carbocycles. The number of nitrogens with one attached hydrogen (secondary N) is 2. The number of anilines is 1. The summed E-state index contributed by atoms with van der Waals surface area (Å²) in [5.41, 5.74) is 3.23. The van der Waals surface area contributed by atoms with Gasteiger partial charge in [0.1, 0.15) is 0 Å². The maximum absolute atomic E-state index is 12.2. The fourth-order valence-corrected chi connectivity index (χ4v) is 3.21. The Bertz CT molecular complexity index is 806. The first-order chi connectivity index (χ1) is 9.38. The summed E-state index contributed by atoms with van der Waals surface area (Å²) in [5, 5.41) is 2.76. The van der Waals surface area contributed by atoms with Gasteiger partial charge in [-0.05, 0) is 36.2 Å². The first-order valence-electron chi connectivity index (χ1n) is 6.16. The molecule has 3 rings (SSSR count). The van der Waals surface area contributed by atoms with Crippen molar-refractivity contribution in [3.8, 4) is 0 Å². The molecule has 0 saturated heterocycles. The molecule has 20 heavy (non-hydrogen) atoms. The fraction of sp³-hybridized carbons (Fsp3) is 0.214. The number of aromatic nitrogens is 1. The second-order valence-electron chi connectivity index (χ2n) is 5.00. The molecule has 1 amide bonds. The molecule has 2 heterocycles. The Morgan fingerprint density at radius 3 is 2.50 bits per heavy atom. The Morgan fingerprint density at radius 1 is 1.15 bits per heavy atom. The lowest BCUT2D eigenvalue weighted by atomic mass is 9.93. The largest absolute Gasteiger partial charge is 0.365 e. The number of carbonyl (C=O) groups is 1. The van der Waals surface area contributed by atoms with Crippen LogP contribution < -0.4 is 5.32 Å². The number of carbonyl (C=O) groups excluding carboxylic acids is 1. The summed E-state index contributed by atoms with van der Waals surface area (Å²) < 4.78 is 23.1. The Morgan fingerprint density at radius 2 is 1.90 bits per heavy atom. The van der Waals surface area contributed by atoms with Crippen LogP contribution in [0.25, 0.3) is 0 Å². The van der Waals surface area contributed by atoms with Crippen molar-refractivity contribution in [3.05, 3.63) is 47.3 Å². The zero-order chi connectivity index (χ0) is 14.5. The highest BCUT2D eigenvalue weighted by molar-refractivity contribution is 7.90.